The molecule has 1 aliphatic heterocycles. The Morgan fingerprint density at radius 3 is 2.73 bits per heavy atom. The van der Waals surface area contributed by atoms with E-state index in [0.29, 0.717) is 26.2 Å². The number of para-hydroxylation sites is 1. The van der Waals surface area contributed by atoms with Crippen molar-refractivity contribution in [3.8, 4) is 5.75 Å². The molecule has 2 amide bonds. The third-order valence-corrected chi connectivity index (χ3v) is 4.97. The van der Waals surface area contributed by atoms with Gasteiger partial charge in [0.2, 0.25) is 0 Å². The number of thioether (sulfide) groups is 1. The summed E-state index contributed by atoms with van der Waals surface area (Å²) in [5.74, 6) is -0.0187. The number of halogens is 1. The minimum Gasteiger partial charge on any atom is -0.483 e. The van der Waals surface area contributed by atoms with E-state index in [9.17, 15) is 9.59 Å². The van der Waals surface area contributed by atoms with E-state index in [0.717, 1.165) is 4.47 Å². The monoisotopic (exact) mass is 448 g/mol. The molecule has 0 atom stereocenters. The maximum atomic E-state index is 12.1. The van der Waals surface area contributed by atoms with Gasteiger partial charge in [0.15, 0.2) is 6.61 Å². The zero-order chi connectivity index (χ0) is 18.5. The molecule has 3 rings (SSSR count). The molecule has 2 N–H and O–H groups in total. The standard InChI is InChI=1S/C18H13BrN2O3S2/c19-12-6-7-14(11(8-12)9-15-17(23)21-18(25)26-15)24-10-16(22)20-13-4-2-1-3-5-13/h1-9H,10H2,(H,20,22)(H,21,23,25)/b15-9-. The highest BCUT2D eigenvalue weighted by atomic mass is 79.9. The zero-order valence-corrected chi connectivity index (χ0v) is 16.5. The number of thiocarbonyl (C=S) groups is 1. The number of benzene rings is 2. The lowest BCUT2D eigenvalue weighted by Crippen LogP contribution is -2.20. The Morgan fingerprint density at radius 2 is 2.04 bits per heavy atom. The molecule has 5 nitrogen and oxygen atoms in total. The first-order chi connectivity index (χ1) is 12.5. The van der Waals surface area contributed by atoms with Gasteiger partial charge in [-0.05, 0) is 36.4 Å². The van der Waals surface area contributed by atoms with Crippen molar-refractivity contribution >= 4 is 67.8 Å². The number of hydrogen-bond donors (Lipinski definition) is 2. The smallest absolute Gasteiger partial charge is 0.263 e. The summed E-state index contributed by atoms with van der Waals surface area (Å²) in [6, 6.07) is 14.5. The Hall–Kier alpha value is -2.16. The van der Waals surface area contributed by atoms with Crippen molar-refractivity contribution in [2.45, 2.75) is 0 Å². The van der Waals surface area contributed by atoms with Crippen LogP contribution in [0.2, 0.25) is 0 Å². The van der Waals surface area contributed by atoms with Crippen molar-refractivity contribution in [2.75, 3.05) is 11.9 Å². The second-order valence-corrected chi connectivity index (χ2v) is 7.87. The van der Waals surface area contributed by atoms with Crippen LogP contribution in [0.4, 0.5) is 5.69 Å². The first-order valence-electron chi connectivity index (χ1n) is 7.53. The summed E-state index contributed by atoms with van der Waals surface area (Å²) >= 11 is 9.58. The van der Waals surface area contributed by atoms with Gasteiger partial charge in [-0.15, -0.1) is 0 Å². The fraction of sp³-hybridized carbons (Fsp3) is 0.0556. The minimum atomic E-state index is -0.271. The predicted octanol–water partition coefficient (Wildman–Crippen LogP) is 3.96. The average molecular weight is 449 g/mol. The number of carbonyl (C=O) groups is 2. The van der Waals surface area contributed by atoms with Crippen LogP contribution in [0.1, 0.15) is 5.56 Å². The number of amides is 2. The summed E-state index contributed by atoms with van der Waals surface area (Å²) in [6.07, 6.45) is 1.69. The molecule has 0 unspecified atom stereocenters. The van der Waals surface area contributed by atoms with Crippen LogP contribution in [-0.2, 0) is 9.59 Å². The lowest BCUT2D eigenvalue weighted by atomic mass is 10.2. The Kier molecular flexibility index (Phi) is 6.08. The van der Waals surface area contributed by atoms with E-state index in [1.807, 2.05) is 24.3 Å². The predicted molar refractivity (Wildman–Crippen MR) is 111 cm³/mol. The third-order valence-electron chi connectivity index (χ3n) is 3.32. The number of ether oxygens (including phenoxy) is 1. The van der Waals surface area contributed by atoms with Gasteiger partial charge in [0.05, 0.1) is 4.91 Å². The lowest BCUT2D eigenvalue weighted by Gasteiger charge is -2.10. The van der Waals surface area contributed by atoms with Crippen molar-refractivity contribution in [3.63, 3.8) is 0 Å². The first-order valence-corrected chi connectivity index (χ1v) is 9.55. The van der Waals surface area contributed by atoms with Crippen molar-refractivity contribution < 1.29 is 14.3 Å². The van der Waals surface area contributed by atoms with Gasteiger partial charge in [-0.3, -0.25) is 9.59 Å². The third kappa shape index (κ3) is 4.94. The molecule has 132 valence electrons. The summed E-state index contributed by atoms with van der Waals surface area (Å²) in [5, 5.41) is 5.32. The van der Waals surface area contributed by atoms with Gasteiger partial charge in [-0.2, -0.15) is 0 Å². The van der Waals surface area contributed by atoms with Crippen molar-refractivity contribution in [1.29, 1.82) is 0 Å². The molecule has 26 heavy (non-hydrogen) atoms. The van der Waals surface area contributed by atoms with Crippen LogP contribution >= 0.6 is 39.9 Å². The molecule has 8 heteroatoms. The minimum absolute atomic E-state index is 0.148. The van der Waals surface area contributed by atoms with Crippen molar-refractivity contribution in [1.82, 2.24) is 5.32 Å². The maximum absolute atomic E-state index is 12.1. The fourth-order valence-corrected chi connectivity index (χ4v) is 3.60. The zero-order valence-electron chi connectivity index (χ0n) is 13.3. The number of carbonyl (C=O) groups excluding carboxylic acids is 2. The van der Waals surface area contributed by atoms with Gasteiger partial charge >= 0.3 is 0 Å². The number of hydrogen-bond acceptors (Lipinski definition) is 5. The molecule has 1 heterocycles. The van der Waals surface area contributed by atoms with Gasteiger partial charge < -0.3 is 15.4 Å². The van der Waals surface area contributed by atoms with E-state index in [1.54, 1.807) is 30.3 Å². The molecule has 2 aromatic rings. The molecule has 1 fully saturated rings. The Labute approximate surface area is 168 Å². The van der Waals surface area contributed by atoms with Gasteiger partial charge in [-0.1, -0.05) is 58.1 Å². The largest absolute Gasteiger partial charge is 0.483 e. The van der Waals surface area contributed by atoms with Crippen LogP contribution in [0.15, 0.2) is 57.9 Å². The van der Waals surface area contributed by atoms with Crippen molar-refractivity contribution in [3.05, 3.63) is 63.5 Å². The van der Waals surface area contributed by atoms with E-state index in [1.165, 1.54) is 11.8 Å². The molecule has 0 saturated carbocycles. The molecule has 0 bridgehead atoms. The number of nitrogens with one attached hydrogen (secondary N) is 2. The van der Waals surface area contributed by atoms with Crippen molar-refractivity contribution in [2.24, 2.45) is 0 Å². The molecule has 1 aliphatic rings. The van der Waals surface area contributed by atoms with Crippen LogP contribution in [0, 0.1) is 0 Å². The molecule has 0 radical (unpaired) electrons. The molecule has 0 aliphatic carbocycles. The Balaban J connectivity index is 1.72. The molecule has 1 saturated heterocycles. The molecule has 0 spiro atoms. The number of rotatable bonds is 5. The van der Waals surface area contributed by atoms with E-state index in [4.69, 9.17) is 17.0 Å². The average Bonchev–Trinajstić information content (AvgIpc) is 2.92. The SMILES string of the molecule is O=C(COc1ccc(Br)cc1/C=C1\SC(=S)NC1=O)Nc1ccccc1. The lowest BCUT2D eigenvalue weighted by molar-refractivity contribution is -0.118. The summed E-state index contributed by atoms with van der Waals surface area (Å²) in [5.41, 5.74) is 1.38. The van der Waals surface area contributed by atoms with Gasteiger partial charge in [0.25, 0.3) is 11.8 Å². The Bertz CT molecular complexity index is 901. The van der Waals surface area contributed by atoms with E-state index >= 15 is 0 Å². The maximum Gasteiger partial charge on any atom is 0.263 e. The second kappa shape index (κ2) is 8.48. The van der Waals surface area contributed by atoms with Crippen LogP contribution in [0.5, 0.6) is 5.75 Å². The van der Waals surface area contributed by atoms with Crippen LogP contribution in [0.25, 0.3) is 6.08 Å². The van der Waals surface area contributed by atoms with Crippen LogP contribution in [-0.4, -0.2) is 22.7 Å². The van der Waals surface area contributed by atoms with Gasteiger partial charge in [-0.25, -0.2) is 0 Å². The van der Waals surface area contributed by atoms with Gasteiger partial charge in [0.1, 0.15) is 10.1 Å². The normalized spacial score (nSPS) is 15.0. The molecule has 2 aromatic carbocycles. The molecular formula is C18H13BrN2O3S2. The summed E-state index contributed by atoms with van der Waals surface area (Å²) in [4.78, 5) is 24.4. The van der Waals surface area contributed by atoms with Crippen LogP contribution in [0.3, 0.4) is 0 Å². The second-order valence-electron chi connectivity index (χ2n) is 5.24. The highest BCUT2D eigenvalue weighted by Gasteiger charge is 2.22. The summed E-state index contributed by atoms with van der Waals surface area (Å²) in [6.45, 7) is -0.148. The van der Waals surface area contributed by atoms with E-state index in [-0.39, 0.29) is 18.4 Å². The van der Waals surface area contributed by atoms with E-state index < -0.39 is 0 Å². The summed E-state index contributed by atoms with van der Waals surface area (Å²) < 4.78 is 6.89. The fourth-order valence-electron chi connectivity index (χ4n) is 2.19. The molecule has 0 aromatic heterocycles. The molecular weight excluding hydrogens is 436 g/mol. The quantitative estimate of drug-likeness (QED) is 0.535. The summed E-state index contributed by atoms with van der Waals surface area (Å²) in [7, 11) is 0. The topological polar surface area (TPSA) is 67.4 Å². The number of anilines is 1. The Morgan fingerprint density at radius 1 is 1.27 bits per heavy atom. The highest BCUT2D eigenvalue weighted by Crippen LogP contribution is 2.31. The van der Waals surface area contributed by atoms with E-state index in [2.05, 4.69) is 26.6 Å². The highest BCUT2D eigenvalue weighted by molar-refractivity contribution is 9.10. The van der Waals surface area contributed by atoms with Crippen LogP contribution < -0.4 is 15.4 Å². The van der Waals surface area contributed by atoms with Gasteiger partial charge in [0, 0.05) is 15.7 Å². The first kappa shape index (κ1) is 18.6.